The Morgan fingerprint density at radius 1 is 1.47 bits per heavy atom. The molecule has 0 spiro atoms. The maximum atomic E-state index is 11.8. The predicted octanol–water partition coefficient (Wildman–Crippen LogP) is 3.27. The van der Waals surface area contributed by atoms with Crippen LogP contribution in [0.2, 0.25) is 5.02 Å². The molecule has 2 rings (SSSR count). The van der Waals surface area contributed by atoms with E-state index in [4.69, 9.17) is 16.0 Å². The van der Waals surface area contributed by atoms with E-state index in [-0.39, 0.29) is 5.78 Å². The molecular formula is C13H14ClNO2. The van der Waals surface area contributed by atoms with Gasteiger partial charge in [0, 0.05) is 18.4 Å². The van der Waals surface area contributed by atoms with Gasteiger partial charge < -0.3 is 9.73 Å². The van der Waals surface area contributed by atoms with E-state index < -0.39 is 0 Å². The minimum absolute atomic E-state index is 0.00165. The number of halogens is 1. The maximum Gasteiger partial charge on any atom is 0.199 e. The Hall–Kier alpha value is -1.32. The number of hydrogen-bond donors (Lipinski definition) is 1. The molecule has 0 saturated carbocycles. The topological polar surface area (TPSA) is 42.2 Å². The zero-order valence-corrected chi connectivity index (χ0v) is 10.4. The number of carbonyl (C=O) groups is 1. The number of furan rings is 1. The highest BCUT2D eigenvalue weighted by Gasteiger charge is 2.13. The van der Waals surface area contributed by atoms with E-state index >= 15 is 0 Å². The van der Waals surface area contributed by atoms with Gasteiger partial charge in [0.25, 0.3) is 0 Å². The molecule has 0 aliphatic heterocycles. The number of rotatable bonds is 5. The van der Waals surface area contributed by atoms with Gasteiger partial charge in [0.2, 0.25) is 0 Å². The molecule has 4 heteroatoms. The molecule has 0 saturated heterocycles. The van der Waals surface area contributed by atoms with E-state index in [9.17, 15) is 4.79 Å². The van der Waals surface area contributed by atoms with Gasteiger partial charge >= 0.3 is 0 Å². The van der Waals surface area contributed by atoms with Crippen LogP contribution in [0.4, 0.5) is 0 Å². The van der Waals surface area contributed by atoms with Crippen LogP contribution >= 0.6 is 11.6 Å². The highest BCUT2D eigenvalue weighted by atomic mass is 35.5. The van der Waals surface area contributed by atoms with E-state index in [1.165, 1.54) is 0 Å². The first-order valence-electron chi connectivity index (χ1n) is 5.64. The summed E-state index contributed by atoms with van der Waals surface area (Å²) in [5, 5.41) is 4.51. The van der Waals surface area contributed by atoms with Crippen molar-refractivity contribution in [2.45, 2.75) is 13.3 Å². The Kier molecular flexibility index (Phi) is 3.82. The van der Waals surface area contributed by atoms with Crippen molar-refractivity contribution in [2.75, 3.05) is 13.1 Å². The van der Waals surface area contributed by atoms with Crippen molar-refractivity contribution in [3.63, 3.8) is 0 Å². The molecule has 0 radical (unpaired) electrons. The highest BCUT2D eigenvalue weighted by molar-refractivity contribution is 6.34. The second kappa shape index (κ2) is 5.34. The van der Waals surface area contributed by atoms with Crippen LogP contribution < -0.4 is 5.32 Å². The lowest BCUT2D eigenvalue weighted by Gasteiger charge is -1.98. The fraction of sp³-hybridized carbons (Fsp3) is 0.308. The minimum atomic E-state index is -0.00165. The number of para-hydroxylation sites is 1. The molecule has 2 aromatic rings. The van der Waals surface area contributed by atoms with Gasteiger partial charge in [0.05, 0.1) is 5.02 Å². The van der Waals surface area contributed by atoms with Crippen LogP contribution in [0.1, 0.15) is 23.9 Å². The van der Waals surface area contributed by atoms with Crippen LogP contribution in [0.3, 0.4) is 0 Å². The average molecular weight is 252 g/mol. The molecule has 0 aliphatic rings. The molecule has 0 unspecified atom stereocenters. The van der Waals surface area contributed by atoms with Gasteiger partial charge in [-0.3, -0.25) is 4.79 Å². The Morgan fingerprint density at radius 2 is 2.29 bits per heavy atom. The number of hydrogen-bond acceptors (Lipinski definition) is 3. The molecule has 1 N–H and O–H groups in total. The molecular weight excluding hydrogens is 238 g/mol. The number of nitrogens with one attached hydrogen (secondary N) is 1. The number of Topliss-reactive ketones (excluding diaryl/α,β-unsaturated/α-hetero) is 1. The monoisotopic (exact) mass is 251 g/mol. The van der Waals surface area contributed by atoms with Crippen molar-refractivity contribution in [1.29, 1.82) is 0 Å². The Bertz CT molecular complexity index is 533. The van der Waals surface area contributed by atoms with Gasteiger partial charge in [-0.15, -0.1) is 0 Å². The first kappa shape index (κ1) is 12.1. The van der Waals surface area contributed by atoms with Crippen LogP contribution in [0.5, 0.6) is 0 Å². The van der Waals surface area contributed by atoms with Crippen LogP contribution in [0, 0.1) is 0 Å². The molecule has 0 bridgehead atoms. The van der Waals surface area contributed by atoms with Crippen LogP contribution in [-0.2, 0) is 0 Å². The van der Waals surface area contributed by atoms with Crippen molar-refractivity contribution in [3.05, 3.63) is 35.0 Å². The Morgan fingerprint density at radius 3 is 3.00 bits per heavy atom. The number of carbonyl (C=O) groups excluding carboxylic acids is 1. The molecule has 17 heavy (non-hydrogen) atoms. The predicted molar refractivity (Wildman–Crippen MR) is 68.7 cm³/mol. The standard InChI is InChI=1S/C13H14ClNO2/c1-2-15-7-6-11(16)12-8-9-4-3-5-10(14)13(9)17-12/h3-5,8,15H,2,6-7H2,1H3. The number of ketones is 1. The van der Waals surface area contributed by atoms with E-state index in [0.717, 1.165) is 11.9 Å². The first-order chi connectivity index (χ1) is 8.22. The molecule has 3 nitrogen and oxygen atoms in total. The summed E-state index contributed by atoms with van der Waals surface area (Å²) in [4.78, 5) is 11.8. The van der Waals surface area contributed by atoms with Gasteiger partial charge in [0.1, 0.15) is 0 Å². The molecule has 1 aromatic heterocycles. The second-order valence-electron chi connectivity index (χ2n) is 3.80. The zero-order chi connectivity index (χ0) is 12.3. The van der Waals surface area contributed by atoms with Gasteiger partial charge in [-0.25, -0.2) is 0 Å². The summed E-state index contributed by atoms with van der Waals surface area (Å²) in [6, 6.07) is 7.22. The van der Waals surface area contributed by atoms with Gasteiger partial charge in [-0.2, -0.15) is 0 Å². The molecule has 1 aromatic carbocycles. The van der Waals surface area contributed by atoms with Crippen LogP contribution in [-0.4, -0.2) is 18.9 Å². The summed E-state index contributed by atoms with van der Waals surface area (Å²) in [6.07, 6.45) is 0.436. The van der Waals surface area contributed by atoms with E-state index in [1.807, 2.05) is 19.1 Å². The third-order valence-electron chi connectivity index (χ3n) is 2.55. The quantitative estimate of drug-likeness (QED) is 0.655. The molecule has 0 amide bonds. The number of benzene rings is 1. The largest absolute Gasteiger partial charge is 0.451 e. The Labute approximate surface area is 105 Å². The lowest BCUT2D eigenvalue weighted by Crippen LogP contribution is -2.17. The average Bonchev–Trinajstić information content (AvgIpc) is 2.75. The highest BCUT2D eigenvalue weighted by Crippen LogP contribution is 2.26. The summed E-state index contributed by atoms with van der Waals surface area (Å²) in [5.74, 6) is 0.379. The fourth-order valence-corrected chi connectivity index (χ4v) is 1.89. The van der Waals surface area contributed by atoms with E-state index in [0.29, 0.717) is 29.3 Å². The summed E-state index contributed by atoms with van der Waals surface area (Å²) in [5.41, 5.74) is 0.584. The maximum absolute atomic E-state index is 11.8. The third kappa shape index (κ3) is 2.68. The summed E-state index contributed by atoms with van der Waals surface area (Å²) >= 11 is 5.98. The lowest BCUT2D eigenvalue weighted by molar-refractivity contribution is 0.0958. The fourth-order valence-electron chi connectivity index (χ4n) is 1.67. The summed E-state index contributed by atoms with van der Waals surface area (Å²) in [7, 11) is 0. The molecule has 0 atom stereocenters. The normalized spacial score (nSPS) is 10.9. The molecule has 1 heterocycles. The van der Waals surface area contributed by atoms with Crippen molar-refractivity contribution < 1.29 is 9.21 Å². The van der Waals surface area contributed by atoms with Gasteiger partial charge in [0.15, 0.2) is 17.1 Å². The van der Waals surface area contributed by atoms with E-state index in [2.05, 4.69) is 5.32 Å². The van der Waals surface area contributed by atoms with Crippen molar-refractivity contribution in [2.24, 2.45) is 0 Å². The van der Waals surface area contributed by atoms with E-state index in [1.54, 1.807) is 12.1 Å². The first-order valence-corrected chi connectivity index (χ1v) is 6.02. The van der Waals surface area contributed by atoms with Gasteiger partial charge in [-0.1, -0.05) is 30.7 Å². The van der Waals surface area contributed by atoms with Crippen LogP contribution in [0.15, 0.2) is 28.7 Å². The van der Waals surface area contributed by atoms with Crippen molar-refractivity contribution >= 4 is 28.4 Å². The second-order valence-corrected chi connectivity index (χ2v) is 4.20. The minimum Gasteiger partial charge on any atom is -0.451 e. The molecule has 0 fully saturated rings. The number of fused-ring (bicyclic) bond motifs is 1. The van der Waals surface area contributed by atoms with Crippen molar-refractivity contribution in [1.82, 2.24) is 5.32 Å². The SMILES string of the molecule is CCNCCC(=O)c1cc2cccc(Cl)c2o1. The smallest absolute Gasteiger partial charge is 0.199 e. The zero-order valence-electron chi connectivity index (χ0n) is 9.63. The summed E-state index contributed by atoms with van der Waals surface area (Å²) in [6.45, 7) is 3.53. The van der Waals surface area contributed by atoms with Crippen molar-refractivity contribution in [3.8, 4) is 0 Å². The summed E-state index contributed by atoms with van der Waals surface area (Å²) < 4.78 is 5.48. The molecule has 90 valence electrons. The Balaban J connectivity index is 2.19. The lowest BCUT2D eigenvalue weighted by atomic mass is 10.2. The third-order valence-corrected chi connectivity index (χ3v) is 2.85. The van der Waals surface area contributed by atoms with Crippen LogP contribution in [0.25, 0.3) is 11.0 Å². The molecule has 0 aliphatic carbocycles. The van der Waals surface area contributed by atoms with Gasteiger partial charge in [-0.05, 0) is 18.7 Å².